The molecule has 1 rings (SSSR count). The van der Waals surface area contributed by atoms with Crippen LogP contribution in [0.1, 0.15) is 19.8 Å². The number of benzene rings is 1. The van der Waals surface area contributed by atoms with Gasteiger partial charge in [0.1, 0.15) is 0 Å². The first kappa shape index (κ1) is 10.6. The fourth-order valence-corrected chi connectivity index (χ4v) is 1.19. The van der Waals surface area contributed by atoms with E-state index in [0.717, 1.165) is 12.1 Å². The van der Waals surface area contributed by atoms with Gasteiger partial charge in [-0.1, -0.05) is 25.1 Å². The van der Waals surface area contributed by atoms with Crippen molar-refractivity contribution in [2.24, 2.45) is 0 Å². The highest BCUT2D eigenvalue weighted by Gasteiger charge is 2.03. The minimum atomic E-state index is 0.0545. The summed E-state index contributed by atoms with van der Waals surface area (Å²) in [5.41, 5.74) is 3.77. The number of para-hydroxylation sites is 1. The number of anilines is 1. The summed E-state index contributed by atoms with van der Waals surface area (Å²) in [5.74, 6) is 0.0545. The molecular weight excluding hydrogens is 176 g/mol. The molecule has 0 heterocycles. The molecule has 3 heteroatoms. The smallest absolute Gasteiger partial charge is 0.238 e. The van der Waals surface area contributed by atoms with Crippen LogP contribution in [0.2, 0.25) is 0 Å². The number of carbonyl (C=O) groups is 1. The highest BCUT2D eigenvalue weighted by atomic mass is 16.2. The molecule has 14 heavy (non-hydrogen) atoms. The van der Waals surface area contributed by atoms with E-state index >= 15 is 0 Å². The minimum absolute atomic E-state index is 0.0545. The van der Waals surface area contributed by atoms with Gasteiger partial charge in [-0.25, -0.2) is 0 Å². The highest BCUT2D eigenvalue weighted by molar-refractivity contribution is 5.77. The van der Waals surface area contributed by atoms with E-state index in [1.165, 1.54) is 0 Å². The summed E-state index contributed by atoms with van der Waals surface area (Å²) in [6.07, 6.45) is 1.44. The largest absolute Gasteiger partial charge is 0.289 e. The quantitative estimate of drug-likeness (QED) is 0.739. The van der Waals surface area contributed by atoms with Gasteiger partial charge in [0.25, 0.3) is 0 Å². The number of carbonyl (C=O) groups excluding carboxylic acids is 1. The van der Waals surface area contributed by atoms with Crippen LogP contribution in [0, 0.1) is 0 Å². The van der Waals surface area contributed by atoms with E-state index in [1.54, 1.807) is 5.01 Å². The molecule has 0 aliphatic heterocycles. The molecule has 0 aromatic heterocycles. The van der Waals surface area contributed by atoms with Crippen molar-refractivity contribution in [2.45, 2.75) is 19.8 Å². The number of hydrogen-bond acceptors (Lipinski definition) is 2. The number of hydrogen-bond donors (Lipinski definition) is 1. The first-order valence-corrected chi connectivity index (χ1v) is 4.82. The second-order valence-corrected chi connectivity index (χ2v) is 3.18. The molecule has 1 N–H and O–H groups in total. The molecule has 0 aliphatic carbocycles. The van der Waals surface area contributed by atoms with Gasteiger partial charge in [-0.3, -0.25) is 15.2 Å². The highest BCUT2D eigenvalue weighted by Crippen LogP contribution is 2.08. The molecule has 1 amide bonds. The zero-order valence-corrected chi connectivity index (χ0v) is 8.66. The van der Waals surface area contributed by atoms with Crippen molar-refractivity contribution in [3.63, 3.8) is 0 Å². The molecule has 1 aromatic carbocycles. The Balaban J connectivity index is 2.50. The lowest BCUT2D eigenvalue weighted by molar-refractivity contribution is -0.121. The maximum absolute atomic E-state index is 11.3. The van der Waals surface area contributed by atoms with E-state index in [4.69, 9.17) is 0 Å². The van der Waals surface area contributed by atoms with Crippen molar-refractivity contribution in [3.8, 4) is 0 Å². The molecule has 0 unspecified atom stereocenters. The first-order valence-electron chi connectivity index (χ1n) is 4.82. The van der Waals surface area contributed by atoms with Crippen molar-refractivity contribution < 1.29 is 4.79 Å². The Morgan fingerprint density at radius 3 is 2.57 bits per heavy atom. The second-order valence-electron chi connectivity index (χ2n) is 3.18. The molecule has 0 atom stereocenters. The Hall–Kier alpha value is -1.51. The topological polar surface area (TPSA) is 32.3 Å². The summed E-state index contributed by atoms with van der Waals surface area (Å²) < 4.78 is 0. The molecular formula is C11H16N2O. The van der Waals surface area contributed by atoms with E-state index < -0.39 is 0 Å². The molecule has 0 fully saturated rings. The minimum Gasteiger partial charge on any atom is -0.289 e. The fourth-order valence-electron chi connectivity index (χ4n) is 1.19. The van der Waals surface area contributed by atoms with E-state index in [2.05, 4.69) is 5.43 Å². The van der Waals surface area contributed by atoms with Gasteiger partial charge in [-0.2, -0.15) is 0 Å². The molecule has 0 saturated carbocycles. The van der Waals surface area contributed by atoms with Crippen LogP contribution in [0.15, 0.2) is 30.3 Å². The molecule has 3 nitrogen and oxygen atoms in total. The van der Waals surface area contributed by atoms with Crippen molar-refractivity contribution >= 4 is 11.6 Å². The van der Waals surface area contributed by atoms with E-state index in [1.807, 2.05) is 44.3 Å². The van der Waals surface area contributed by atoms with Gasteiger partial charge in [0, 0.05) is 13.5 Å². The van der Waals surface area contributed by atoms with Crippen LogP contribution in [0.3, 0.4) is 0 Å². The summed E-state index contributed by atoms with van der Waals surface area (Å²) in [5, 5.41) is 1.73. The average Bonchev–Trinajstić information content (AvgIpc) is 2.19. The molecule has 0 radical (unpaired) electrons. The van der Waals surface area contributed by atoms with Crippen LogP contribution in [0.4, 0.5) is 5.69 Å². The second kappa shape index (κ2) is 5.27. The van der Waals surface area contributed by atoms with Gasteiger partial charge >= 0.3 is 0 Å². The Morgan fingerprint density at radius 1 is 1.36 bits per heavy atom. The third-order valence-corrected chi connectivity index (χ3v) is 1.91. The Morgan fingerprint density at radius 2 is 2.00 bits per heavy atom. The first-order chi connectivity index (χ1) is 6.74. The SMILES string of the molecule is CCCC(=O)NN(C)c1ccccc1. The fraction of sp³-hybridized carbons (Fsp3) is 0.364. The lowest BCUT2D eigenvalue weighted by Gasteiger charge is -2.19. The Labute approximate surface area is 84.7 Å². The van der Waals surface area contributed by atoms with Crippen LogP contribution in [0.25, 0.3) is 0 Å². The number of hydrazine groups is 1. The standard InChI is InChI=1S/C11H16N2O/c1-3-7-11(14)12-13(2)10-8-5-4-6-9-10/h4-6,8-9H,3,7H2,1-2H3,(H,12,14). The zero-order chi connectivity index (χ0) is 10.4. The van der Waals surface area contributed by atoms with Gasteiger partial charge in [-0.05, 0) is 18.6 Å². The van der Waals surface area contributed by atoms with E-state index in [9.17, 15) is 4.79 Å². The molecule has 0 saturated heterocycles. The summed E-state index contributed by atoms with van der Waals surface area (Å²) in [6, 6.07) is 9.74. The summed E-state index contributed by atoms with van der Waals surface area (Å²) in [7, 11) is 1.84. The zero-order valence-electron chi connectivity index (χ0n) is 8.66. The molecule has 0 spiro atoms. The van der Waals surface area contributed by atoms with Gasteiger partial charge in [0.05, 0.1) is 5.69 Å². The third kappa shape index (κ3) is 3.09. The summed E-state index contributed by atoms with van der Waals surface area (Å²) >= 11 is 0. The lowest BCUT2D eigenvalue weighted by atomic mass is 10.3. The van der Waals surface area contributed by atoms with Crippen molar-refractivity contribution in [1.29, 1.82) is 0 Å². The van der Waals surface area contributed by atoms with Crippen LogP contribution in [-0.4, -0.2) is 13.0 Å². The van der Waals surface area contributed by atoms with Gasteiger partial charge in [0.2, 0.25) is 5.91 Å². The molecule has 76 valence electrons. The lowest BCUT2D eigenvalue weighted by Crippen LogP contribution is -2.39. The van der Waals surface area contributed by atoms with Crippen molar-refractivity contribution in [1.82, 2.24) is 5.43 Å². The van der Waals surface area contributed by atoms with Crippen molar-refractivity contribution in [3.05, 3.63) is 30.3 Å². The molecule has 0 bridgehead atoms. The number of rotatable bonds is 4. The van der Waals surface area contributed by atoms with Gasteiger partial charge < -0.3 is 0 Å². The summed E-state index contributed by atoms with van der Waals surface area (Å²) in [6.45, 7) is 1.99. The third-order valence-electron chi connectivity index (χ3n) is 1.91. The number of nitrogens with zero attached hydrogens (tertiary/aromatic N) is 1. The maximum atomic E-state index is 11.3. The maximum Gasteiger partial charge on any atom is 0.238 e. The van der Waals surface area contributed by atoms with Crippen LogP contribution in [0.5, 0.6) is 0 Å². The number of nitrogens with one attached hydrogen (secondary N) is 1. The average molecular weight is 192 g/mol. The normalized spacial score (nSPS) is 9.57. The Kier molecular flexibility index (Phi) is 3.98. The predicted molar refractivity (Wildman–Crippen MR) is 57.9 cm³/mol. The van der Waals surface area contributed by atoms with E-state index in [0.29, 0.717) is 6.42 Å². The molecule has 1 aromatic rings. The Bertz CT molecular complexity index is 285. The van der Waals surface area contributed by atoms with Gasteiger partial charge in [0.15, 0.2) is 0 Å². The van der Waals surface area contributed by atoms with Crippen LogP contribution >= 0.6 is 0 Å². The molecule has 0 aliphatic rings. The predicted octanol–water partition coefficient (Wildman–Crippen LogP) is 1.95. The monoisotopic (exact) mass is 192 g/mol. The van der Waals surface area contributed by atoms with Crippen molar-refractivity contribution in [2.75, 3.05) is 12.1 Å². The number of amides is 1. The summed E-state index contributed by atoms with van der Waals surface area (Å²) in [4.78, 5) is 11.3. The van der Waals surface area contributed by atoms with Crippen LogP contribution < -0.4 is 10.4 Å². The van der Waals surface area contributed by atoms with Crippen LogP contribution in [-0.2, 0) is 4.79 Å². The van der Waals surface area contributed by atoms with Gasteiger partial charge in [-0.15, -0.1) is 0 Å². The van der Waals surface area contributed by atoms with E-state index in [-0.39, 0.29) is 5.91 Å².